The highest BCUT2D eigenvalue weighted by Gasteiger charge is 2.52. The van der Waals surface area contributed by atoms with Gasteiger partial charge in [-0.2, -0.15) is 5.10 Å². The quantitative estimate of drug-likeness (QED) is 0.735. The third-order valence-electron chi connectivity index (χ3n) is 6.77. The molecular weight excluding hydrogens is 342 g/mol. The first kappa shape index (κ1) is 18.9. The van der Waals surface area contributed by atoms with E-state index >= 15 is 0 Å². The molecule has 0 aromatic carbocycles. The van der Waals surface area contributed by atoms with Crippen LogP contribution in [0, 0.1) is 19.8 Å². The summed E-state index contributed by atoms with van der Waals surface area (Å²) in [5.74, 6) is 0.996. The van der Waals surface area contributed by atoms with E-state index in [1.165, 1.54) is 12.8 Å². The highest BCUT2D eigenvalue weighted by Crippen LogP contribution is 2.44. The van der Waals surface area contributed by atoms with Gasteiger partial charge in [0.05, 0.1) is 23.4 Å². The van der Waals surface area contributed by atoms with Crippen LogP contribution >= 0.6 is 0 Å². The van der Waals surface area contributed by atoms with Crippen LogP contribution in [0.2, 0.25) is 0 Å². The third kappa shape index (κ3) is 3.92. The number of aryl methyl sites for hydroxylation is 3. The first-order chi connectivity index (χ1) is 13.0. The largest absolute Gasteiger partial charge is 0.378 e. The lowest BCUT2D eigenvalue weighted by Gasteiger charge is -2.43. The number of hydrogen-bond acceptors (Lipinski definition) is 4. The van der Waals surface area contributed by atoms with E-state index in [-0.39, 0.29) is 23.7 Å². The van der Waals surface area contributed by atoms with Crippen molar-refractivity contribution in [2.75, 3.05) is 20.3 Å². The van der Waals surface area contributed by atoms with Gasteiger partial charge >= 0.3 is 0 Å². The van der Waals surface area contributed by atoms with Gasteiger partial charge in [0.15, 0.2) is 0 Å². The van der Waals surface area contributed by atoms with Gasteiger partial charge < -0.3 is 14.4 Å². The molecule has 3 fully saturated rings. The van der Waals surface area contributed by atoms with Gasteiger partial charge in [0, 0.05) is 38.9 Å². The van der Waals surface area contributed by atoms with Crippen molar-refractivity contribution in [3.63, 3.8) is 0 Å². The van der Waals surface area contributed by atoms with Crippen LogP contribution in [-0.2, 0) is 20.8 Å². The zero-order chi connectivity index (χ0) is 19.0. The van der Waals surface area contributed by atoms with Gasteiger partial charge in [0.25, 0.3) is 0 Å². The van der Waals surface area contributed by atoms with Crippen LogP contribution < -0.4 is 0 Å². The number of rotatable bonds is 7. The Labute approximate surface area is 162 Å². The molecule has 2 aliphatic carbocycles. The SMILES string of the molecule is CO[C@@]12CC[C@@H](OCC3CC3)C[C@@H]1N(C(=O)CCn1nc(C)cc1C)CC2. The Hall–Kier alpha value is -1.40. The molecule has 150 valence electrons. The Balaban J connectivity index is 1.38. The lowest BCUT2D eigenvalue weighted by Crippen LogP contribution is -2.53. The second kappa shape index (κ2) is 7.55. The molecule has 1 aromatic heterocycles. The lowest BCUT2D eigenvalue weighted by atomic mass is 9.79. The summed E-state index contributed by atoms with van der Waals surface area (Å²) in [7, 11) is 1.81. The number of likely N-dealkylation sites (tertiary alicyclic amines) is 1. The molecule has 0 N–H and O–H groups in total. The summed E-state index contributed by atoms with van der Waals surface area (Å²) in [5, 5.41) is 4.48. The molecule has 4 rings (SSSR count). The number of amides is 1. The van der Waals surface area contributed by atoms with Crippen molar-refractivity contribution in [2.24, 2.45) is 5.92 Å². The van der Waals surface area contributed by atoms with Gasteiger partial charge in [-0.3, -0.25) is 9.48 Å². The summed E-state index contributed by atoms with van der Waals surface area (Å²) < 4.78 is 14.1. The number of hydrogen-bond donors (Lipinski definition) is 0. The number of carbonyl (C=O) groups excluding carboxylic acids is 1. The predicted molar refractivity (Wildman–Crippen MR) is 102 cm³/mol. The number of ether oxygens (including phenoxy) is 2. The maximum atomic E-state index is 13.0. The van der Waals surface area contributed by atoms with Gasteiger partial charge in [-0.25, -0.2) is 0 Å². The van der Waals surface area contributed by atoms with Crippen LogP contribution in [0.15, 0.2) is 6.07 Å². The highest BCUT2D eigenvalue weighted by atomic mass is 16.5. The first-order valence-corrected chi connectivity index (χ1v) is 10.5. The minimum Gasteiger partial charge on any atom is -0.378 e. The molecule has 0 bridgehead atoms. The molecule has 1 aliphatic heterocycles. The Morgan fingerprint density at radius 1 is 1.30 bits per heavy atom. The number of methoxy groups -OCH3 is 1. The van der Waals surface area contributed by atoms with Crippen LogP contribution in [0.3, 0.4) is 0 Å². The van der Waals surface area contributed by atoms with E-state index in [0.717, 1.165) is 56.1 Å². The molecule has 2 heterocycles. The van der Waals surface area contributed by atoms with Gasteiger partial charge in [0.1, 0.15) is 0 Å². The van der Waals surface area contributed by atoms with E-state index in [2.05, 4.69) is 16.1 Å². The summed E-state index contributed by atoms with van der Waals surface area (Å²) >= 11 is 0. The van der Waals surface area contributed by atoms with E-state index in [1.54, 1.807) is 0 Å². The van der Waals surface area contributed by atoms with Crippen molar-refractivity contribution in [3.8, 4) is 0 Å². The van der Waals surface area contributed by atoms with Crippen LogP contribution in [0.5, 0.6) is 0 Å². The molecule has 1 aromatic rings. The van der Waals surface area contributed by atoms with Crippen LogP contribution in [0.25, 0.3) is 0 Å². The standard InChI is InChI=1S/C21H33N3O3/c1-15-12-16(2)24(22-15)10-7-20(25)23-11-9-21(26-3)8-6-18(13-19(21)23)27-14-17-4-5-17/h12,17-19H,4-11,13-14H2,1-3H3/t18-,19+,21-/m1/s1. The Morgan fingerprint density at radius 2 is 2.11 bits per heavy atom. The maximum absolute atomic E-state index is 13.0. The fourth-order valence-electron chi connectivity index (χ4n) is 4.92. The summed E-state index contributed by atoms with van der Waals surface area (Å²) in [6.45, 7) is 6.36. The molecule has 6 nitrogen and oxygen atoms in total. The smallest absolute Gasteiger partial charge is 0.224 e. The average molecular weight is 376 g/mol. The number of fused-ring (bicyclic) bond motifs is 1. The van der Waals surface area contributed by atoms with E-state index < -0.39 is 0 Å². The van der Waals surface area contributed by atoms with Crippen molar-refractivity contribution in [2.45, 2.75) is 83.1 Å². The second-order valence-electron chi connectivity index (χ2n) is 8.70. The number of aromatic nitrogens is 2. The number of carbonyl (C=O) groups is 1. The van der Waals surface area contributed by atoms with Crippen LogP contribution in [0.4, 0.5) is 0 Å². The van der Waals surface area contributed by atoms with Gasteiger partial charge in [-0.1, -0.05) is 0 Å². The monoisotopic (exact) mass is 375 g/mol. The molecule has 6 heteroatoms. The zero-order valence-corrected chi connectivity index (χ0v) is 16.9. The predicted octanol–water partition coefficient (Wildman–Crippen LogP) is 2.86. The average Bonchev–Trinajstić information content (AvgIpc) is 3.33. The fourth-order valence-corrected chi connectivity index (χ4v) is 4.92. The Kier molecular flexibility index (Phi) is 5.30. The molecule has 1 saturated heterocycles. The minimum atomic E-state index is -0.173. The molecule has 0 unspecified atom stereocenters. The summed E-state index contributed by atoms with van der Waals surface area (Å²) in [6, 6.07) is 2.20. The highest BCUT2D eigenvalue weighted by molar-refractivity contribution is 5.77. The van der Waals surface area contributed by atoms with Crippen LogP contribution in [-0.4, -0.2) is 58.6 Å². The Bertz CT molecular complexity index is 684. The first-order valence-electron chi connectivity index (χ1n) is 10.5. The minimum absolute atomic E-state index is 0.147. The summed E-state index contributed by atoms with van der Waals surface area (Å²) in [6.07, 6.45) is 7.27. The van der Waals surface area contributed by atoms with Crippen LogP contribution in [0.1, 0.15) is 56.3 Å². The van der Waals surface area contributed by atoms with Gasteiger partial charge in [0.2, 0.25) is 5.91 Å². The third-order valence-corrected chi connectivity index (χ3v) is 6.77. The molecular formula is C21H33N3O3. The second-order valence-corrected chi connectivity index (χ2v) is 8.70. The summed E-state index contributed by atoms with van der Waals surface area (Å²) in [4.78, 5) is 15.1. The fraction of sp³-hybridized carbons (Fsp3) is 0.810. The topological polar surface area (TPSA) is 56.6 Å². The zero-order valence-electron chi connectivity index (χ0n) is 16.9. The molecule has 1 amide bonds. The molecule has 3 atom stereocenters. The van der Waals surface area contributed by atoms with Crippen molar-refractivity contribution in [3.05, 3.63) is 17.5 Å². The number of nitrogens with zero attached hydrogens (tertiary/aromatic N) is 3. The summed E-state index contributed by atoms with van der Waals surface area (Å²) in [5.41, 5.74) is 1.94. The van der Waals surface area contributed by atoms with Gasteiger partial charge in [-0.05, 0) is 64.4 Å². The molecule has 3 aliphatic rings. The molecule has 0 spiro atoms. The van der Waals surface area contributed by atoms with E-state index in [1.807, 2.05) is 25.6 Å². The van der Waals surface area contributed by atoms with E-state index in [0.29, 0.717) is 13.0 Å². The van der Waals surface area contributed by atoms with Crippen molar-refractivity contribution in [1.29, 1.82) is 0 Å². The normalized spacial score (nSPS) is 30.6. The Morgan fingerprint density at radius 3 is 2.78 bits per heavy atom. The maximum Gasteiger partial charge on any atom is 0.224 e. The van der Waals surface area contributed by atoms with Crippen molar-refractivity contribution >= 4 is 5.91 Å². The van der Waals surface area contributed by atoms with E-state index in [9.17, 15) is 4.79 Å². The van der Waals surface area contributed by atoms with Crippen molar-refractivity contribution in [1.82, 2.24) is 14.7 Å². The van der Waals surface area contributed by atoms with E-state index in [4.69, 9.17) is 9.47 Å². The molecule has 0 radical (unpaired) electrons. The van der Waals surface area contributed by atoms with Crippen molar-refractivity contribution < 1.29 is 14.3 Å². The molecule has 2 saturated carbocycles. The van der Waals surface area contributed by atoms with Gasteiger partial charge in [-0.15, -0.1) is 0 Å². The lowest BCUT2D eigenvalue weighted by molar-refractivity contribution is -0.142. The molecule has 27 heavy (non-hydrogen) atoms.